The van der Waals surface area contributed by atoms with Gasteiger partial charge in [-0.15, -0.1) is 0 Å². The summed E-state index contributed by atoms with van der Waals surface area (Å²) in [6.07, 6.45) is -4.75. The van der Waals surface area contributed by atoms with Crippen molar-refractivity contribution in [2.24, 2.45) is 0 Å². The predicted octanol–water partition coefficient (Wildman–Crippen LogP) is 3.40. The quantitative estimate of drug-likeness (QED) is 0.891. The first-order chi connectivity index (χ1) is 9.77. The van der Waals surface area contributed by atoms with E-state index in [2.05, 4.69) is 5.32 Å². The van der Waals surface area contributed by atoms with E-state index in [1.54, 1.807) is 0 Å². The van der Waals surface area contributed by atoms with Crippen molar-refractivity contribution in [3.63, 3.8) is 0 Å². The van der Waals surface area contributed by atoms with E-state index in [9.17, 15) is 18.0 Å². The topological polar surface area (TPSA) is 58.6 Å². The van der Waals surface area contributed by atoms with Crippen LogP contribution in [0.1, 0.15) is 18.4 Å². The average Bonchev–Trinajstić information content (AvgIpc) is 2.85. The van der Waals surface area contributed by atoms with Crippen LogP contribution in [0.4, 0.5) is 18.9 Å². The van der Waals surface area contributed by atoms with E-state index < -0.39 is 23.8 Å². The number of alkyl halides is 3. The Kier molecular flexibility index (Phi) is 4.63. The Hall–Kier alpha value is -1.47. The minimum absolute atomic E-state index is 0.147. The van der Waals surface area contributed by atoms with Crippen molar-refractivity contribution in [1.29, 1.82) is 0 Å². The normalized spacial score (nSPS) is 22.3. The van der Waals surface area contributed by atoms with Crippen molar-refractivity contribution in [3.8, 4) is 0 Å². The van der Waals surface area contributed by atoms with Crippen molar-refractivity contribution in [1.82, 2.24) is 0 Å². The minimum Gasteiger partial charge on any atom is -0.479 e. The second kappa shape index (κ2) is 6.11. The molecule has 2 N–H and O–H groups in total. The van der Waals surface area contributed by atoms with Gasteiger partial charge in [0.2, 0.25) is 0 Å². The summed E-state index contributed by atoms with van der Waals surface area (Å²) < 4.78 is 43.1. The zero-order chi connectivity index (χ0) is 15.6. The summed E-state index contributed by atoms with van der Waals surface area (Å²) in [5.74, 6) is -1.03. The Bertz CT molecular complexity index is 536. The SMILES string of the molecule is O=C(O)C1CCC(CNc2cc(C(F)(F)F)ccc2Cl)O1. The summed E-state index contributed by atoms with van der Waals surface area (Å²) in [6, 6.07) is 2.99. The average molecular weight is 324 g/mol. The summed E-state index contributed by atoms with van der Waals surface area (Å²) in [6.45, 7) is 0.199. The van der Waals surface area contributed by atoms with Crippen LogP contribution in [0.25, 0.3) is 0 Å². The number of hydrogen-bond acceptors (Lipinski definition) is 3. The van der Waals surface area contributed by atoms with E-state index >= 15 is 0 Å². The standard InChI is InChI=1S/C13H13ClF3NO3/c14-9-3-1-7(13(15,16)17)5-10(9)18-6-8-2-4-11(21-8)12(19)20/h1,3,5,8,11,18H,2,4,6H2,(H,19,20). The molecule has 1 aliphatic heterocycles. The molecule has 2 unspecified atom stereocenters. The van der Waals surface area contributed by atoms with Gasteiger partial charge in [-0.3, -0.25) is 0 Å². The van der Waals surface area contributed by atoms with Crippen LogP contribution in [0.15, 0.2) is 18.2 Å². The van der Waals surface area contributed by atoms with E-state index in [4.69, 9.17) is 21.4 Å². The Labute approximate surface area is 123 Å². The molecule has 0 saturated carbocycles. The highest BCUT2D eigenvalue weighted by Gasteiger charge is 2.32. The molecule has 1 saturated heterocycles. The lowest BCUT2D eigenvalue weighted by Crippen LogP contribution is -2.24. The number of carboxylic acids is 1. The van der Waals surface area contributed by atoms with E-state index in [0.29, 0.717) is 12.8 Å². The van der Waals surface area contributed by atoms with Gasteiger partial charge < -0.3 is 15.2 Å². The fourth-order valence-corrected chi connectivity index (χ4v) is 2.28. The van der Waals surface area contributed by atoms with E-state index in [1.807, 2.05) is 0 Å². The highest BCUT2D eigenvalue weighted by atomic mass is 35.5. The molecular weight excluding hydrogens is 311 g/mol. The van der Waals surface area contributed by atoms with Gasteiger partial charge in [0, 0.05) is 6.54 Å². The number of nitrogens with one attached hydrogen (secondary N) is 1. The number of hydrogen-bond donors (Lipinski definition) is 2. The van der Waals surface area contributed by atoms with Gasteiger partial charge in [-0.25, -0.2) is 4.79 Å². The molecule has 21 heavy (non-hydrogen) atoms. The van der Waals surface area contributed by atoms with E-state index in [0.717, 1.165) is 12.1 Å². The summed E-state index contributed by atoms with van der Waals surface area (Å²) in [4.78, 5) is 10.7. The second-order valence-electron chi connectivity index (χ2n) is 4.74. The maximum atomic E-state index is 12.6. The highest BCUT2D eigenvalue weighted by Crippen LogP contribution is 2.34. The Balaban J connectivity index is 1.99. The predicted molar refractivity (Wildman–Crippen MR) is 70.5 cm³/mol. The fourth-order valence-electron chi connectivity index (χ4n) is 2.10. The largest absolute Gasteiger partial charge is 0.479 e. The summed E-state index contributed by atoms with van der Waals surface area (Å²) in [5.41, 5.74) is -0.654. The van der Waals surface area contributed by atoms with Crippen LogP contribution in [0.2, 0.25) is 5.02 Å². The third kappa shape index (κ3) is 4.01. The van der Waals surface area contributed by atoms with Crippen molar-refractivity contribution in [2.45, 2.75) is 31.2 Å². The monoisotopic (exact) mass is 323 g/mol. The van der Waals surface area contributed by atoms with Crippen LogP contribution < -0.4 is 5.32 Å². The van der Waals surface area contributed by atoms with E-state index in [1.165, 1.54) is 6.07 Å². The number of carboxylic acid groups (broad SMARTS) is 1. The lowest BCUT2D eigenvalue weighted by atomic mass is 10.1. The zero-order valence-electron chi connectivity index (χ0n) is 10.8. The molecule has 4 nitrogen and oxygen atoms in total. The van der Waals surface area contributed by atoms with Gasteiger partial charge in [0.1, 0.15) is 0 Å². The molecule has 0 aromatic heterocycles. The van der Waals surface area contributed by atoms with E-state index in [-0.39, 0.29) is 23.4 Å². The molecule has 2 rings (SSSR count). The molecule has 1 aromatic rings. The molecule has 1 aromatic carbocycles. The number of anilines is 1. The Morgan fingerprint density at radius 1 is 1.43 bits per heavy atom. The summed E-state index contributed by atoms with van der Waals surface area (Å²) >= 11 is 5.85. The fraction of sp³-hybridized carbons (Fsp3) is 0.462. The van der Waals surface area contributed by atoms with Crippen LogP contribution in [-0.2, 0) is 15.7 Å². The van der Waals surface area contributed by atoms with Crippen LogP contribution >= 0.6 is 11.6 Å². The number of aliphatic carboxylic acids is 1. The van der Waals surface area contributed by atoms with Gasteiger partial charge in [-0.2, -0.15) is 13.2 Å². The lowest BCUT2D eigenvalue weighted by Gasteiger charge is -2.15. The molecule has 1 fully saturated rings. The highest BCUT2D eigenvalue weighted by molar-refractivity contribution is 6.33. The van der Waals surface area contributed by atoms with Crippen molar-refractivity contribution in [2.75, 3.05) is 11.9 Å². The molecule has 0 bridgehead atoms. The molecule has 116 valence electrons. The molecule has 1 aliphatic rings. The molecule has 2 atom stereocenters. The van der Waals surface area contributed by atoms with Crippen molar-refractivity contribution >= 4 is 23.3 Å². The lowest BCUT2D eigenvalue weighted by molar-refractivity contribution is -0.149. The third-order valence-electron chi connectivity index (χ3n) is 3.20. The molecule has 1 heterocycles. The van der Waals surface area contributed by atoms with Crippen LogP contribution in [0, 0.1) is 0 Å². The van der Waals surface area contributed by atoms with Gasteiger partial charge in [0.05, 0.1) is 22.4 Å². The third-order valence-corrected chi connectivity index (χ3v) is 3.53. The Morgan fingerprint density at radius 3 is 2.71 bits per heavy atom. The number of rotatable bonds is 4. The maximum Gasteiger partial charge on any atom is 0.416 e. The van der Waals surface area contributed by atoms with Crippen LogP contribution in [0.3, 0.4) is 0 Å². The van der Waals surface area contributed by atoms with Gasteiger partial charge in [-0.05, 0) is 31.0 Å². The van der Waals surface area contributed by atoms with Gasteiger partial charge in [-0.1, -0.05) is 11.6 Å². The number of ether oxygens (including phenoxy) is 1. The minimum atomic E-state index is -4.45. The Morgan fingerprint density at radius 2 is 2.14 bits per heavy atom. The molecule has 8 heteroatoms. The summed E-state index contributed by atoms with van der Waals surface area (Å²) in [5, 5.41) is 11.7. The summed E-state index contributed by atoms with van der Waals surface area (Å²) in [7, 11) is 0. The zero-order valence-corrected chi connectivity index (χ0v) is 11.5. The van der Waals surface area contributed by atoms with Crippen molar-refractivity contribution in [3.05, 3.63) is 28.8 Å². The molecule has 0 spiro atoms. The number of halogens is 4. The molecule has 0 amide bonds. The van der Waals surface area contributed by atoms with Gasteiger partial charge >= 0.3 is 12.1 Å². The molecular formula is C13H13ClF3NO3. The first kappa shape index (κ1) is 15.9. The smallest absolute Gasteiger partial charge is 0.416 e. The van der Waals surface area contributed by atoms with Crippen LogP contribution in [-0.4, -0.2) is 29.8 Å². The first-order valence-electron chi connectivity index (χ1n) is 6.26. The number of carbonyl (C=O) groups is 1. The molecule has 0 radical (unpaired) electrons. The van der Waals surface area contributed by atoms with Crippen LogP contribution in [0.5, 0.6) is 0 Å². The second-order valence-corrected chi connectivity index (χ2v) is 5.14. The number of benzene rings is 1. The van der Waals surface area contributed by atoms with Crippen molar-refractivity contribution < 1.29 is 27.8 Å². The molecule has 0 aliphatic carbocycles. The maximum absolute atomic E-state index is 12.6. The van der Waals surface area contributed by atoms with Gasteiger partial charge in [0.15, 0.2) is 6.10 Å². The van der Waals surface area contributed by atoms with Gasteiger partial charge in [0.25, 0.3) is 0 Å². The first-order valence-corrected chi connectivity index (χ1v) is 6.64.